The zero-order valence-corrected chi connectivity index (χ0v) is 9.76. The lowest BCUT2D eigenvalue weighted by Gasteiger charge is -2.26. The predicted molar refractivity (Wildman–Crippen MR) is 62.2 cm³/mol. The average Bonchev–Trinajstić information content (AvgIpc) is 1.99. The van der Waals surface area contributed by atoms with Crippen molar-refractivity contribution >= 4 is 0 Å². The number of nitrogens with two attached hydrogens (primary N) is 1. The predicted octanol–water partition coefficient (Wildman–Crippen LogP) is 3.13. The lowest BCUT2D eigenvalue weighted by molar-refractivity contribution is 0.367. The van der Waals surface area contributed by atoms with E-state index in [2.05, 4.69) is 13.8 Å². The van der Waals surface area contributed by atoms with Crippen molar-refractivity contribution in [2.24, 2.45) is 11.7 Å². The molecule has 0 spiro atoms. The second kappa shape index (κ2) is 4.75. The summed E-state index contributed by atoms with van der Waals surface area (Å²) < 4.78 is 13.0. The van der Waals surface area contributed by atoms with Crippen LogP contribution >= 0.6 is 0 Å². The third kappa shape index (κ3) is 4.43. The van der Waals surface area contributed by atoms with Gasteiger partial charge in [0.1, 0.15) is 5.82 Å². The minimum atomic E-state index is -0.248. The van der Waals surface area contributed by atoms with Crippen LogP contribution in [0, 0.1) is 11.7 Å². The van der Waals surface area contributed by atoms with E-state index in [-0.39, 0.29) is 11.4 Å². The summed E-state index contributed by atoms with van der Waals surface area (Å²) in [5, 5.41) is 0. The molecule has 15 heavy (non-hydrogen) atoms. The van der Waals surface area contributed by atoms with E-state index in [0.29, 0.717) is 5.92 Å². The molecule has 0 aromatic heterocycles. The summed E-state index contributed by atoms with van der Waals surface area (Å²) in [5.74, 6) is 0.376. The molecule has 0 aliphatic rings. The standard InChI is InChI=1S/C13H20FN/c1-10(2)8-13(3,15)9-11-5-4-6-12(14)7-11/h4-7,10H,8-9,15H2,1-3H3/t13-/m1/s1. The molecule has 0 aliphatic carbocycles. The summed E-state index contributed by atoms with van der Waals surface area (Å²) in [7, 11) is 0. The number of hydrogen-bond donors (Lipinski definition) is 1. The molecule has 2 heteroatoms. The molecule has 84 valence electrons. The van der Waals surface area contributed by atoms with Crippen molar-refractivity contribution in [2.45, 2.75) is 39.2 Å². The van der Waals surface area contributed by atoms with E-state index in [9.17, 15) is 4.39 Å². The van der Waals surface area contributed by atoms with Crippen molar-refractivity contribution < 1.29 is 4.39 Å². The molecule has 1 rings (SSSR count). The Kier molecular flexibility index (Phi) is 3.86. The Labute approximate surface area is 91.5 Å². The Morgan fingerprint density at radius 3 is 2.60 bits per heavy atom. The van der Waals surface area contributed by atoms with E-state index in [1.807, 2.05) is 13.0 Å². The highest BCUT2D eigenvalue weighted by molar-refractivity contribution is 5.18. The summed E-state index contributed by atoms with van der Waals surface area (Å²) in [6.45, 7) is 6.32. The zero-order valence-electron chi connectivity index (χ0n) is 9.76. The minimum absolute atomic E-state index is 0.187. The largest absolute Gasteiger partial charge is 0.325 e. The van der Waals surface area contributed by atoms with Gasteiger partial charge < -0.3 is 5.73 Å². The van der Waals surface area contributed by atoms with Gasteiger partial charge in [0.15, 0.2) is 0 Å². The molecule has 0 bridgehead atoms. The van der Waals surface area contributed by atoms with E-state index in [4.69, 9.17) is 5.73 Å². The Balaban J connectivity index is 2.68. The fourth-order valence-electron chi connectivity index (χ4n) is 2.12. The lowest BCUT2D eigenvalue weighted by Crippen LogP contribution is -2.39. The highest BCUT2D eigenvalue weighted by Crippen LogP contribution is 2.19. The van der Waals surface area contributed by atoms with E-state index in [1.54, 1.807) is 12.1 Å². The summed E-state index contributed by atoms with van der Waals surface area (Å²) in [4.78, 5) is 0. The summed E-state index contributed by atoms with van der Waals surface area (Å²) in [5.41, 5.74) is 6.90. The van der Waals surface area contributed by atoms with Crippen LogP contribution in [0.3, 0.4) is 0 Å². The maximum absolute atomic E-state index is 13.0. The Morgan fingerprint density at radius 2 is 2.07 bits per heavy atom. The smallest absolute Gasteiger partial charge is 0.123 e. The van der Waals surface area contributed by atoms with Crippen molar-refractivity contribution in [3.63, 3.8) is 0 Å². The first-order valence-corrected chi connectivity index (χ1v) is 5.42. The van der Waals surface area contributed by atoms with Gasteiger partial charge in [-0.05, 0) is 43.4 Å². The molecule has 1 aromatic carbocycles. The van der Waals surface area contributed by atoms with Gasteiger partial charge in [0.2, 0.25) is 0 Å². The van der Waals surface area contributed by atoms with Crippen LogP contribution < -0.4 is 5.73 Å². The van der Waals surface area contributed by atoms with E-state index in [1.165, 1.54) is 6.07 Å². The fraction of sp³-hybridized carbons (Fsp3) is 0.538. The first-order chi connectivity index (χ1) is 6.89. The van der Waals surface area contributed by atoms with Crippen molar-refractivity contribution in [1.82, 2.24) is 0 Å². The SMILES string of the molecule is CC(C)C[C@@](C)(N)Cc1cccc(F)c1. The number of benzene rings is 1. The van der Waals surface area contributed by atoms with Crippen molar-refractivity contribution in [3.05, 3.63) is 35.6 Å². The van der Waals surface area contributed by atoms with Gasteiger partial charge in [-0.25, -0.2) is 4.39 Å². The molecule has 1 atom stereocenters. The third-order valence-corrected chi connectivity index (χ3v) is 2.37. The van der Waals surface area contributed by atoms with Gasteiger partial charge in [0, 0.05) is 5.54 Å². The molecule has 0 radical (unpaired) electrons. The van der Waals surface area contributed by atoms with Crippen LogP contribution in [-0.4, -0.2) is 5.54 Å². The normalized spacial score (nSPS) is 15.3. The number of hydrogen-bond acceptors (Lipinski definition) is 1. The second-order valence-corrected chi connectivity index (χ2v) is 5.06. The van der Waals surface area contributed by atoms with Gasteiger partial charge >= 0.3 is 0 Å². The molecule has 0 heterocycles. The van der Waals surface area contributed by atoms with Gasteiger partial charge in [-0.3, -0.25) is 0 Å². The summed E-state index contributed by atoms with van der Waals surface area (Å²) in [6, 6.07) is 6.68. The fourth-order valence-corrected chi connectivity index (χ4v) is 2.12. The molecule has 2 N–H and O–H groups in total. The highest BCUT2D eigenvalue weighted by atomic mass is 19.1. The van der Waals surface area contributed by atoms with Gasteiger partial charge in [-0.2, -0.15) is 0 Å². The Hall–Kier alpha value is -0.890. The van der Waals surface area contributed by atoms with Crippen molar-refractivity contribution in [2.75, 3.05) is 0 Å². The Morgan fingerprint density at radius 1 is 1.40 bits per heavy atom. The van der Waals surface area contributed by atoms with E-state index < -0.39 is 0 Å². The quantitative estimate of drug-likeness (QED) is 0.810. The molecule has 0 saturated heterocycles. The zero-order chi connectivity index (χ0) is 11.5. The van der Waals surface area contributed by atoms with Crippen LogP contribution in [0.4, 0.5) is 4.39 Å². The van der Waals surface area contributed by atoms with Crippen LogP contribution in [0.15, 0.2) is 24.3 Å². The van der Waals surface area contributed by atoms with Crippen LogP contribution in [0.2, 0.25) is 0 Å². The van der Waals surface area contributed by atoms with Crippen LogP contribution in [0.1, 0.15) is 32.8 Å². The molecule has 0 saturated carbocycles. The Bertz CT molecular complexity index is 318. The molecular weight excluding hydrogens is 189 g/mol. The van der Waals surface area contributed by atoms with Crippen molar-refractivity contribution in [1.29, 1.82) is 0 Å². The molecule has 1 aromatic rings. The van der Waals surface area contributed by atoms with E-state index >= 15 is 0 Å². The first-order valence-electron chi connectivity index (χ1n) is 5.42. The van der Waals surface area contributed by atoms with E-state index in [0.717, 1.165) is 18.4 Å². The van der Waals surface area contributed by atoms with Gasteiger partial charge in [-0.1, -0.05) is 26.0 Å². The molecule has 0 aliphatic heterocycles. The topological polar surface area (TPSA) is 26.0 Å². The molecule has 0 amide bonds. The van der Waals surface area contributed by atoms with Crippen molar-refractivity contribution in [3.8, 4) is 0 Å². The highest BCUT2D eigenvalue weighted by Gasteiger charge is 2.20. The minimum Gasteiger partial charge on any atom is -0.325 e. The maximum atomic E-state index is 13.0. The van der Waals surface area contributed by atoms with Crippen LogP contribution in [-0.2, 0) is 6.42 Å². The summed E-state index contributed by atoms with van der Waals surface area (Å²) in [6.07, 6.45) is 1.67. The number of rotatable bonds is 4. The van der Waals surface area contributed by atoms with Crippen LogP contribution in [0.25, 0.3) is 0 Å². The molecule has 0 fully saturated rings. The first kappa shape index (κ1) is 12.2. The monoisotopic (exact) mass is 209 g/mol. The summed E-state index contributed by atoms with van der Waals surface area (Å²) >= 11 is 0. The molecule has 0 unspecified atom stereocenters. The third-order valence-electron chi connectivity index (χ3n) is 2.37. The van der Waals surface area contributed by atoms with Crippen LogP contribution in [0.5, 0.6) is 0 Å². The molecular formula is C13H20FN. The average molecular weight is 209 g/mol. The lowest BCUT2D eigenvalue weighted by atomic mass is 9.86. The number of halogens is 1. The molecule has 1 nitrogen and oxygen atoms in total. The van der Waals surface area contributed by atoms with Gasteiger partial charge in [-0.15, -0.1) is 0 Å². The van der Waals surface area contributed by atoms with Gasteiger partial charge in [0.25, 0.3) is 0 Å². The maximum Gasteiger partial charge on any atom is 0.123 e. The van der Waals surface area contributed by atoms with Gasteiger partial charge in [0.05, 0.1) is 0 Å². The second-order valence-electron chi connectivity index (χ2n) is 5.06.